The van der Waals surface area contributed by atoms with Gasteiger partial charge in [0.1, 0.15) is 11.6 Å². The number of pyridine rings is 1. The van der Waals surface area contributed by atoms with E-state index in [1.54, 1.807) is 24.3 Å². The van der Waals surface area contributed by atoms with Crippen LogP contribution in [-0.4, -0.2) is 51.0 Å². The summed E-state index contributed by atoms with van der Waals surface area (Å²) in [6, 6.07) is 7.97. The Morgan fingerprint density at radius 2 is 1.70 bits per heavy atom. The summed E-state index contributed by atoms with van der Waals surface area (Å²) in [6.45, 7) is 2.74. The fraction of sp³-hybridized carbons (Fsp3) is 0.300. The van der Waals surface area contributed by atoms with E-state index in [1.165, 1.54) is 0 Å². The van der Waals surface area contributed by atoms with Crippen molar-refractivity contribution in [1.82, 2.24) is 24.8 Å². The van der Waals surface area contributed by atoms with Crippen LogP contribution in [0.25, 0.3) is 0 Å². The van der Waals surface area contributed by atoms with Crippen molar-refractivity contribution >= 4 is 46.6 Å². The number of nitrogens with two attached hydrogens (primary N) is 1. The SMILES string of the molecule is Nc1nc(CN2CCN(c3ncc(C(F)(F)F)cc3Cl)CC2)nc(Nc2ccc(Cl)cc2)n1. The smallest absolute Gasteiger partial charge is 0.368 e. The van der Waals surface area contributed by atoms with Gasteiger partial charge < -0.3 is 16.0 Å². The molecule has 174 valence electrons. The lowest BCUT2D eigenvalue weighted by Crippen LogP contribution is -2.46. The van der Waals surface area contributed by atoms with Crippen LogP contribution in [-0.2, 0) is 12.7 Å². The molecule has 0 amide bonds. The maximum atomic E-state index is 12.8. The quantitative estimate of drug-likeness (QED) is 0.539. The second-order valence-electron chi connectivity index (χ2n) is 7.36. The van der Waals surface area contributed by atoms with Gasteiger partial charge in [0.2, 0.25) is 11.9 Å². The van der Waals surface area contributed by atoms with E-state index in [0.717, 1.165) is 18.0 Å². The van der Waals surface area contributed by atoms with Gasteiger partial charge in [-0.3, -0.25) is 4.90 Å². The van der Waals surface area contributed by atoms with Crippen LogP contribution < -0.4 is 16.0 Å². The number of alkyl halides is 3. The van der Waals surface area contributed by atoms with Crippen molar-refractivity contribution in [2.75, 3.05) is 42.1 Å². The number of anilines is 4. The minimum atomic E-state index is -4.48. The lowest BCUT2D eigenvalue weighted by molar-refractivity contribution is -0.137. The summed E-state index contributed by atoms with van der Waals surface area (Å²) in [5.41, 5.74) is 5.73. The van der Waals surface area contributed by atoms with Gasteiger partial charge in [0, 0.05) is 43.1 Å². The van der Waals surface area contributed by atoms with Crippen LogP contribution in [0.3, 0.4) is 0 Å². The Balaban J connectivity index is 1.38. The Morgan fingerprint density at radius 1 is 1.00 bits per heavy atom. The van der Waals surface area contributed by atoms with Gasteiger partial charge in [0.05, 0.1) is 17.1 Å². The summed E-state index contributed by atoms with van der Waals surface area (Å²) < 4.78 is 38.5. The third kappa shape index (κ3) is 5.92. The van der Waals surface area contributed by atoms with Crippen LogP contribution in [0.5, 0.6) is 0 Å². The average molecular weight is 499 g/mol. The number of halogens is 5. The third-order valence-electron chi connectivity index (χ3n) is 4.99. The van der Waals surface area contributed by atoms with E-state index in [1.807, 2.05) is 4.90 Å². The lowest BCUT2D eigenvalue weighted by atomic mass is 10.2. The summed E-state index contributed by atoms with van der Waals surface area (Å²) in [7, 11) is 0. The average Bonchev–Trinajstić information content (AvgIpc) is 2.75. The van der Waals surface area contributed by atoms with Gasteiger partial charge in [0.25, 0.3) is 0 Å². The third-order valence-corrected chi connectivity index (χ3v) is 5.52. The molecule has 0 unspecified atom stereocenters. The van der Waals surface area contributed by atoms with E-state index < -0.39 is 11.7 Å². The van der Waals surface area contributed by atoms with Crippen LogP contribution >= 0.6 is 23.2 Å². The Hall–Kier alpha value is -2.89. The first-order chi connectivity index (χ1) is 15.7. The number of nitrogen functional groups attached to an aromatic ring is 1. The first-order valence-corrected chi connectivity index (χ1v) is 10.7. The molecule has 3 aromatic rings. The number of nitrogens with zero attached hydrogens (tertiary/aromatic N) is 6. The van der Waals surface area contributed by atoms with Gasteiger partial charge in [-0.05, 0) is 30.3 Å². The number of aromatic nitrogens is 4. The standard InChI is InChI=1S/C20H19Cl2F3N8/c21-13-1-3-14(4-2-13)28-19-30-16(29-18(26)31-19)11-32-5-7-33(8-6-32)17-15(22)9-12(10-27-17)20(23,24)25/h1-4,9-10H,5-8,11H2,(H3,26,28,29,30,31). The summed E-state index contributed by atoms with van der Waals surface area (Å²) in [4.78, 5) is 20.6. The molecule has 0 aliphatic carbocycles. The van der Waals surface area contributed by atoms with E-state index in [2.05, 4.69) is 30.2 Å². The van der Waals surface area contributed by atoms with E-state index in [4.69, 9.17) is 28.9 Å². The van der Waals surface area contributed by atoms with Crippen molar-refractivity contribution in [3.05, 3.63) is 58.0 Å². The molecule has 13 heteroatoms. The molecule has 0 spiro atoms. The van der Waals surface area contributed by atoms with E-state index in [0.29, 0.717) is 55.3 Å². The Kier molecular flexibility index (Phi) is 6.73. The van der Waals surface area contributed by atoms with Crippen LogP contribution in [0.2, 0.25) is 10.0 Å². The minimum absolute atomic E-state index is 0.0265. The zero-order chi connectivity index (χ0) is 23.6. The molecule has 1 aliphatic rings. The highest BCUT2D eigenvalue weighted by molar-refractivity contribution is 6.33. The summed E-state index contributed by atoms with van der Waals surface area (Å²) >= 11 is 12.0. The summed E-state index contributed by atoms with van der Waals surface area (Å²) in [6.07, 6.45) is -3.68. The van der Waals surface area contributed by atoms with Crippen LogP contribution in [0, 0.1) is 0 Å². The molecule has 1 saturated heterocycles. The molecule has 8 nitrogen and oxygen atoms in total. The normalized spacial score (nSPS) is 15.0. The number of hydrogen-bond acceptors (Lipinski definition) is 8. The maximum absolute atomic E-state index is 12.8. The van der Waals surface area contributed by atoms with Crippen molar-refractivity contribution in [3.63, 3.8) is 0 Å². The van der Waals surface area contributed by atoms with Gasteiger partial charge in [-0.2, -0.15) is 28.1 Å². The molecule has 1 fully saturated rings. The molecule has 33 heavy (non-hydrogen) atoms. The molecule has 0 bridgehead atoms. The molecule has 1 aromatic carbocycles. The van der Waals surface area contributed by atoms with Crippen molar-refractivity contribution < 1.29 is 13.2 Å². The van der Waals surface area contributed by atoms with E-state index >= 15 is 0 Å². The number of rotatable bonds is 5. The molecular formula is C20H19Cl2F3N8. The topological polar surface area (TPSA) is 96.1 Å². The summed E-state index contributed by atoms with van der Waals surface area (Å²) in [5, 5.41) is 3.66. The second-order valence-corrected chi connectivity index (χ2v) is 8.20. The van der Waals surface area contributed by atoms with Crippen molar-refractivity contribution in [2.24, 2.45) is 0 Å². The van der Waals surface area contributed by atoms with Gasteiger partial charge in [-0.1, -0.05) is 23.2 Å². The Morgan fingerprint density at radius 3 is 2.33 bits per heavy atom. The molecule has 1 aliphatic heterocycles. The van der Waals surface area contributed by atoms with Crippen molar-refractivity contribution in [3.8, 4) is 0 Å². The zero-order valence-electron chi connectivity index (χ0n) is 17.2. The molecule has 3 N–H and O–H groups in total. The van der Waals surface area contributed by atoms with Gasteiger partial charge in [0.15, 0.2) is 0 Å². The van der Waals surface area contributed by atoms with Crippen molar-refractivity contribution in [1.29, 1.82) is 0 Å². The van der Waals surface area contributed by atoms with Gasteiger partial charge in [-0.15, -0.1) is 0 Å². The fourth-order valence-electron chi connectivity index (χ4n) is 3.36. The van der Waals surface area contributed by atoms with Crippen LogP contribution in [0.4, 0.5) is 36.6 Å². The highest BCUT2D eigenvalue weighted by atomic mass is 35.5. The van der Waals surface area contributed by atoms with Crippen LogP contribution in [0.1, 0.15) is 11.4 Å². The molecule has 4 rings (SSSR count). The molecule has 2 aromatic heterocycles. The number of nitrogens with one attached hydrogen (secondary N) is 1. The first kappa shape index (κ1) is 23.3. The summed E-state index contributed by atoms with van der Waals surface area (Å²) in [5.74, 6) is 1.25. The lowest BCUT2D eigenvalue weighted by Gasteiger charge is -2.35. The van der Waals surface area contributed by atoms with E-state index in [9.17, 15) is 13.2 Å². The number of hydrogen-bond donors (Lipinski definition) is 2. The van der Waals surface area contributed by atoms with Crippen molar-refractivity contribution in [2.45, 2.75) is 12.7 Å². The zero-order valence-corrected chi connectivity index (χ0v) is 18.7. The molecule has 0 atom stereocenters. The number of piperazine rings is 1. The molecular weight excluding hydrogens is 480 g/mol. The largest absolute Gasteiger partial charge is 0.417 e. The predicted octanol–water partition coefficient (Wildman–Crippen LogP) is 4.24. The molecule has 0 saturated carbocycles. The molecule has 3 heterocycles. The number of benzene rings is 1. The monoisotopic (exact) mass is 498 g/mol. The van der Waals surface area contributed by atoms with Gasteiger partial charge in [-0.25, -0.2) is 4.98 Å². The second kappa shape index (κ2) is 9.54. The van der Waals surface area contributed by atoms with Gasteiger partial charge >= 0.3 is 6.18 Å². The van der Waals surface area contributed by atoms with Crippen LogP contribution in [0.15, 0.2) is 36.5 Å². The van der Waals surface area contributed by atoms with E-state index in [-0.39, 0.29) is 11.0 Å². The maximum Gasteiger partial charge on any atom is 0.417 e. The highest BCUT2D eigenvalue weighted by Gasteiger charge is 2.32. The molecule has 0 radical (unpaired) electrons. The highest BCUT2D eigenvalue weighted by Crippen LogP contribution is 2.33. The predicted molar refractivity (Wildman–Crippen MR) is 121 cm³/mol. The Bertz CT molecular complexity index is 1120. The fourth-order valence-corrected chi connectivity index (χ4v) is 3.77. The Labute approximate surface area is 197 Å². The first-order valence-electron chi connectivity index (χ1n) is 9.90. The minimum Gasteiger partial charge on any atom is -0.368 e.